The fraction of sp³-hybridized carbons (Fsp3) is 0.929. The van der Waals surface area contributed by atoms with Crippen molar-refractivity contribution in [1.82, 2.24) is 4.90 Å². The summed E-state index contributed by atoms with van der Waals surface area (Å²) in [5.74, 6) is 2.42. The first kappa shape index (κ1) is 12.7. The molecule has 0 aromatic heterocycles. The van der Waals surface area contributed by atoms with E-state index in [4.69, 9.17) is 5.73 Å². The van der Waals surface area contributed by atoms with Crippen molar-refractivity contribution in [3.8, 4) is 0 Å². The van der Waals surface area contributed by atoms with Gasteiger partial charge in [-0.2, -0.15) is 0 Å². The largest absolute Gasteiger partial charge is 0.370 e. The maximum Gasteiger partial charge on any atom is 0.192 e. The van der Waals surface area contributed by atoms with E-state index in [1.165, 1.54) is 19.3 Å². The summed E-state index contributed by atoms with van der Waals surface area (Å²) in [7, 11) is 0. The molecule has 1 aliphatic heterocycles. The van der Waals surface area contributed by atoms with Crippen molar-refractivity contribution in [3.05, 3.63) is 0 Å². The molecule has 98 valence electrons. The standard InChI is InChI=1S/C14H27N3/c1-5-12(4)17-13(15)16-9-14(17)7-6-10(2)11(3)8-14/h10-12H,5-9H2,1-4H3,(H2,15,16). The predicted molar refractivity (Wildman–Crippen MR) is 73.0 cm³/mol. The lowest BCUT2D eigenvalue weighted by Crippen LogP contribution is -2.57. The molecule has 1 fully saturated rings. The van der Waals surface area contributed by atoms with Gasteiger partial charge in [-0.15, -0.1) is 0 Å². The molecule has 2 N–H and O–H groups in total. The summed E-state index contributed by atoms with van der Waals surface area (Å²) in [6.07, 6.45) is 4.97. The first-order valence-corrected chi connectivity index (χ1v) is 7.09. The molecule has 17 heavy (non-hydrogen) atoms. The van der Waals surface area contributed by atoms with Gasteiger partial charge in [0.1, 0.15) is 0 Å². The third kappa shape index (κ3) is 2.04. The Morgan fingerprint density at radius 3 is 2.76 bits per heavy atom. The second-order valence-corrected chi connectivity index (χ2v) is 6.22. The van der Waals surface area contributed by atoms with Gasteiger partial charge in [0.2, 0.25) is 0 Å². The van der Waals surface area contributed by atoms with Crippen molar-refractivity contribution in [2.24, 2.45) is 22.6 Å². The van der Waals surface area contributed by atoms with Gasteiger partial charge < -0.3 is 10.6 Å². The highest BCUT2D eigenvalue weighted by atomic mass is 15.4. The number of nitrogens with zero attached hydrogens (tertiary/aromatic N) is 2. The van der Waals surface area contributed by atoms with Crippen LogP contribution in [0.1, 0.15) is 53.4 Å². The molecule has 0 aromatic rings. The molecule has 4 unspecified atom stereocenters. The zero-order valence-electron chi connectivity index (χ0n) is 11.7. The fourth-order valence-corrected chi connectivity index (χ4v) is 3.55. The van der Waals surface area contributed by atoms with E-state index >= 15 is 0 Å². The Bertz CT molecular complexity index is 313. The SMILES string of the molecule is CCC(C)N1C(N)=NCC12CCC(C)C(C)C2. The van der Waals surface area contributed by atoms with Gasteiger partial charge in [-0.1, -0.05) is 20.8 Å². The predicted octanol–water partition coefficient (Wildman–Crippen LogP) is 2.61. The lowest BCUT2D eigenvalue weighted by atomic mass is 9.70. The summed E-state index contributed by atoms with van der Waals surface area (Å²) in [6.45, 7) is 10.2. The van der Waals surface area contributed by atoms with Crippen molar-refractivity contribution in [3.63, 3.8) is 0 Å². The molecule has 0 amide bonds. The van der Waals surface area contributed by atoms with Gasteiger partial charge in [-0.25, -0.2) is 0 Å². The van der Waals surface area contributed by atoms with Crippen molar-refractivity contribution in [2.75, 3.05) is 6.54 Å². The van der Waals surface area contributed by atoms with E-state index < -0.39 is 0 Å². The van der Waals surface area contributed by atoms with Crippen molar-refractivity contribution >= 4 is 5.96 Å². The smallest absolute Gasteiger partial charge is 0.192 e. The number of nitrogens with two attached hydrogens (primary N) is 1. The van der Waals surface area contributed by atoms with Gasteiger partial charge in [0, 0.05) is 6.04 Å². The molecule has 0 aromatic carbocycles. The second kappa shape index (κ2) is 4.51. The van der Waals surface area contributed by atoms with Crippen LogP contribution in [0.4, 0.5) is 0 Å². The van der Waals surface area contributed by atoms with Gasteiger partial charge in [0.25, 0.3) is 0 Å². The topological polar surface area (TPSA) is 41.6 Å². The summed E-state index contributed by atoms with van der Waals surface area (Å²) < 4.78 is 0. The Morgan fingerprint density at radius 2 is 2.18 bits per heavy atom. The van der Waals surface area contributed by atoms with Gasteiger partial charge in [0.15, 0.2) is 5.96 Å². The molecule has 1 aliphatic carbocycles. The minimum Gasteiger partial charge on any atom is -0.370 e. The maximum absolute atomic E-state index is 6.12. The Hall–Kier alpha value is -0.730. The minimum absolute atomic E-state index is 0.242. The summed E-state index contributed by atoms with van der Waals surface area (Å²) in [5.41, 5.74) is 6.36. The molecular weight excluding hydrogens is 210 g/mol. The monoisotopic (exact) mass is 237 g/mol. The summed E-state index contributed by atoms with van der Waals surface area (Å²) in [6, 6.07) is 0.516. The Labute approximate surface area is 105 Å². The molecule has 1 heterocycles. The van der Waals surface area contributed by atoms with E-state index in [9.17, 15) is 0 Å². The highest BCUT2D eigenvalue weighted by Gasteiger charge is 2.47. The van der Waals surface area contributed by atoms with Crippen LogP contribution in [-0.2, 0) is 0 Å². The Morgan fingerprint density at radius 1 is 1.47 bits per heavy atom. The average Bonchev–Trinajstić information content (AvgIpc) is 2.61. The highest BCUT2D eigenvalue weighted by molar-refractivity contribution is 5.81. The number of rotatable bonds is 2. The molecule has 0 radical (unpaired) electrons. The number of aliphatic imine (C=N–C) groups is 1. The highest BCUT2D eigenvalue weighted by Crippen LogP contribution is 2.43. The number of hydrogen-bond donors (Lipinski definition) is 1. The van der Waals surface area contributed by atoms with Crippen LogP contribution in [-0.4, -0.2) is 29.0 Å². The van der Waals surface area contributed by atoms with E-state index in [1.54, 1.807) is 0 Å². The van der Waals surface area contributed by atoms with Crippen molar-refractivity contribution in [2.45, 2.75) is 65.0 Å². The second-order valence-electron chi connectivity index (χ2n) is 6.22. The zero-order valence-corrected chi connectivity index (χ0v) is 11.7. The van der Waals surface area contributed by atoms with Gasteiger partial charge in [-0.05, 0) is 44.4 Å². The summed E-state index contributed by atoms with van der Waals surface area (Å²) in [5, 5.41) is 0. The van der Waals surface area contributed by atoms with Crippen LogP contribution < -0.4 is 5.73 Å². The normalized spacial score (nSPS) is 39.5. The maximum atomic E-state index is 6.12. The van der Waals surface area contributed by atoms with E-state index in [1.807, 2.05) is 0 Å². The average molecular weight is 237 g/mol. The molecular formula is C14H27N3. The summed E-state index contributed by atoms with van der Waals surface area (Å²) >= 11 is 0. The molecule has 4 atom stereocenters. The third-order valence-corrected chi connectivity index (χ3v) is 5.06. The fourth-order valence-electron chi connectivity index (χ4n) is 3.55. The van der Waals surface area contributed by atoms with E-state index in [0.717, 1.165) is 30.8 Å². The van der Waals surface area contributed by atoms with Gasteiger partial charge >= 0.3 is 0 Å². The molecule has 2 aliphatic rings. The first-order chi connectivity index (χ1) is 8.00. The van der Waals surface area contributed by atoms with E-state index in [2.05, 4.69) is 37.6 Å². The molecule has 0 saturated heterocycles. The lowest BCUT2D eigenvalue weighted by molar-refractivity contribution is 0.0609. The van der Waals surface area contributed by atoms with Crippen LogP contribution in [0.5, 0.6) is 0 Å². The molecule has 1 spiro atoms. The minimum atomic E-state index is 0.242. The van der Waals surface area contributed by atoms with E-state index in [0.29, 0.717) is 6.04 Å². The third-order valence-electron chi connectivity index (χ3n) is 5.06. The number of hydrogen-bond acceptors (Lipinski definition) is 3. The van der Waals surface area contributed by atoms with Crippen LogP contribution in [0.3, 0.4) is 0 Å². The molecule has 3 heteroatoms. The first-order valence-electron chi connectivity index (χ1n) is 7.09. The van der Waals surface area contributed by atoms with Crippen LogP contribution in [0.25, 0.3) is 0 Å². The van der Waals surface area contributed by atoms with Crippen molar-refractivity contribution in [1.29, 1.82) is 0 Å². The van der Waals surface area contributed by atoms with Crippen LogP contribution >= 0.6 is 0 Å². The van der Waals surface area contributed by atoms with Crippen LogP contribution in [0.2, 0.25) is 0 Å². The van der Waals surface area contributed by atoms with Crippen molar-refractivity contribution < 1.29 is 0 Å². The Kier molecular flexibility index (Phi) is 3.37. The lowest BCUT2D eigenvalue weighted by Gasteiger charge is -2.48. The van der Waals surface area contributed by atoms with E-state index in [-0.39, 0.29) is 5.54 Å². The van der Waals surface area contributed by atoms with Crippen LogP contribution in [0.15, 0.2) is 4.99 Å². The van der Waals surface area contributed by atoms with Gasteiger partial charge in [0.05, 0.1) is 12.1 Å². The van der Waals surface area contributed by atoms with Gasteiger partial charge in [-0.3, -0.25) is 4.99 Å². The molecule has 0 bridgehead atoms. The summed E-state index contributed by atoms with van der Waals surface area (Å²) in [4.78, 5) is 6.97. The molecule has 1 saturated carbocycles. The molecule has 2 rings (SSSR count). The van der Waals surface area contributed by atoms with Crippen LogP contribution in [0, 0.1) is 11.8 Å². The quantitative estimate of drug-likeness (QED) is 0.802. The zero-order chi connectivity index (χ0) is 12.6. The Balaban J connectivity index is 2.20. The molecule has 3 nitrogen and oxygen atoms in total. The number of guanidine groups is 1.